The summed E-state index contributed by atoms with van der Waals surface area (Å²) in [6.45, 7) is 1.95. The lowest BCUT2D eigenvalue weighted by Gasteiger charge is -2.07. The number of aromatic nitrogens is 1. The molecule has 1 atom stereocenters. The molecule has 0 fully saturated rings. The average molecular weight is 230 g/mol. The van der Waals surface area contributed by atoms with Crippen LogP contribution in [0.3, 0.4) is 0 Å². The van der Waals surface area contributed by atoms with E-state index in [1.165, 1.54) is 11.3 Å². The Kier molecular flexibility index (Phi) is 3.00. The van der Waals surface area contributed by atoms with Crippen molar-refractivity contribution < 1.29 is 5.11 Å². The van der Waals surface area contributed by atoms with Gasteiger partial charge in [0.2, 0.25) is 0 Å². The number of aryl methyl sites for hydroxylation is 1. The minimum Gasteiger partial charge on any atom is -0.381 e. The number of rotatable bonds is 2. The molecule has 2 rings (SSSR count). The number of nitriles is 1. The summed E-state index contributed by atoms with van der Waals surface area (Å²) in [7, 11) is 0. The molecule has 1 unspecified atom stereocenters. The molecule has 0 radical (unpaired) electrons. The van der Waals surface area contributed by atoms with Crippen molar-refractivity contribution in [2.24, 2.45) is 0 Å². The summed E-state index contributed by atoms with van der Waals surface area (Å²) in [5.41, 5.74) is 1.66. The van der Waals surface area contributed by atoms with E-state index in [0.717, 1.165) is 10.4 Å². The van der Waals surface area contributed by atoms with Gasteiger partial charge >= 0.3 is 0 Å². The number of pyridine rings is 1. The van der Waals surface area contributed by atoms with E-state index in [-0.39, 0.29) is 0 Å². The third-order valence-corrected chi connectivity index (χ3v) is 3.26. The zero-order chi connectivity index (χ0) is 11.5. The van der Waals surface area contributed by atoms with E-state index in [2.05, 4.69) is 4.98 Å². The lowest BCUT2D eigenvalue weighted by molar-refractivity contribution is 0.219. The first-order valence-electron chi connectivity index (χ1n) is 4.81. The van der Waals surface area contributed by atoms with Crippen LogP contribution in [0.1, 0.15) is 27.1 Å². The number of aliphatic hydroxyl groups is 1. The Morgan fingerprint density at radius 3 is 2.75 bits per heavy atom. The van der Waals surface area contributed by atoms with Crippen LogP contribution in [0.25, 0.3) is 0 Å². The van der Waals surface area contributed by atoms with E-state index in [4.69, 9.17) is 5.26 Å². The molecular formula is C12H10N2OS. The fourth-order valence-corrected chi connectivity index (χ4v) is 2.15. The molecule has 0 aliphatic rings. The highest BCUT2D eigenvalue weighted by atomic mass is 32.1. The van der Waals surface area contributed by atoms with Crippen LogP contribution in [0.5, 0.6) is 0 Å². The molecule has 2 aromatic heterocycles. The molecule has 0 saturated heterocycles. The average Bonchev–Trinajstić information content (AvgIpc) is 2.77. The van der Waals surface area contributed by atoms with Crippen LogP contribution < -0.4 is 0 Å². The topological polar surface area (TPSA) is 56.9 Å². The van der Waals surface area contributed by atoms with Gasteiger partial charge in [0.1, 0.15) is 17.1 Å². The fraction of sp³-hybridized carbons (Fsp3) is 0.167. The quantitative estimate of drug-likeness (QED) is 0.861. The number of aliphatic hydroxyl groups excluding tert-OH is 1. The minimum absolute atomic E-state index is 0.598. The number of hydrogen-bond donors (Lipinski definition) is 1. The standard InChI is InChI=1S/C12H10N2OS/c1-8-2-4-10(14-7-8)12(15)11-5-3-9(6-13)16-11/h2-5,7,12,15H,1H3. The maximum atomic E-state index is 10.0. The molecule has 0 saturated carbocycles. The molecule has 0 amide bonds. The van der Waals surface area contributed by atoms with E-state index in [0.29, 0.717) is 10.6 Å². The summed E-state index contributed by atoms with van der Waals surface area (Å²) < 4.78 is 0. The van der Waals surface area contributed by atoms with E-state index in [1.807, 2.05) is 19.1 Å². The Morgan fingerprint density at radius 2 is 2.19 bits per heavy atom. The first-order chi connectivity index (χ1) is 7.70. The summed E-state index contributed by atoms with van der Waals surface area (Å²) in [5, 5.41) is 18.7. The maximum absolute atomic E-state index is 10.0. The van der Waals surface area contributed by atoms with Crippen LogP contribution in [0.2, 0.25) is 0 Å². The van der Waals surface area contributed by atoms with Crippen LogP contribution in [0.15, 0.2) is 30.5 Å². The lowest BCUT2D eigenvalue weighted by atomic mass is 10.2. The van der Waals surface area contributed by atoms with E-state index in [9.17, 15) is 5.11 Å². The molecule has 0 aliphatic heterocycles. The molecule has 0 spiro atoms. The van der Waals surface area contributed by atoms with Gasteiger partial charge in [-0.15, -0.1) is 11.3 Å². The predicted octanol–water partition coefficient (Wildman–Crippen LogP) is 2.40. The molecule has 80 valence electrons. The van der Waals surface area contributed by atoms with Gasteiger partial charge in [-0.05, 0) is 30.7 Å². The van der Waals surface area contributed by atoms with Gasteiger partial charge in [-0.25, -0.2) is 0 Å². The minimum atomic E-state index is -0.743. The van der Waals surface area contributed by atoms with Gasteiger partial charge < -0.3 is 5.11 Å². The molecule has 0 aromatic carbocycles. The van der Waals surface area contributed by atoms with Gasteiger partial charge in [0.05, 0.1) is 5.69 Å². The van der Waals surface area contributed by atoms with E-state index < -0.39 is 6.10 Å². The second kappa shape index (κ2) is 4.44. The van der Waals surface area contributed by atoms with Crippen molar-refractivity contribution in [2.75, 3.05) is 0 Å². The highest BCUT2D eigenvalue weighted by Gasteiger charge is 2.13. The summed E-state index contributed by atoms with van der Waals surface area (Å²) in [4.78, 5) is 5.51. The predicted molar refractivity (Wildman–Crippen MR) is 62.1 cm³/mol. The van der Waals surface area contributed by atoms with Crippen LogP contribution in [0, 0.1) is 18.3 Å². The molecular weight excluding hydrogens is 220 g/mol. The largest absolute Gasteiger partial charge is 0.381 e. The second-order valence-electron chi connectivity index (χ2n) is 3.48. The van der Waals surface area contributed by atoms with Gasteiger partial charge in [0, 0.05) is 11.1 Å². The molecule has 3 nitrogen and oxygen atoms in total. The smallest absolute Gasteiger partial charge is 0.130 e. The monoisotopic (exact) mass is 230 g/mol. The highest BCUT2D eigenvalue weighted by Crippen LogP contribution is 2.26. The first kappa shape index (κ1) is 10.8. The fourth-order valence-electron chi connectivity index (χ4n) is 1.35. The van der Waals surface area contributed by atoms with E-state index in [1.54, 1.807) is 24.4 Å². The number of thiophene rings is 1. The maximum Gasteiger partial charge on any atom is 0.130 e. The van der Waals surface area contributed by atoms with Gasteiger partial charge in [0.25, 0.3) is 0 Å². The van der Waals surface area contributed by atoms with E-state index >= 15 is 0 Å². The number of nitrogens with zero attached hydrogens (tertiary/aromatic N) is 2. The third-order valence-electron chi connectivity index (χ3n) is 2.22. The van der Waals surface area contributed by atoms with Gasteiger partial charge in [-0.3, -0.25) is 4.98 Å². The highest BCUT2D eigenvalue weighted by molar-refractivity contribution is 7.12. The Balaban J connectivity index is 2.28. The van der Waals surface area contributed by atoms with Crippen molar-refractivity contribution in [2.45, 2.75) is 13.0 Å². The zero-order valence-electron chi connectivity index (χ0n) is 8.71. The molecule has 16 heavy (non-hydrogen) atoms. The van der Waals surface area contributed by atoms with Gasteiger partial charge in [-0.2, -0.15) is 5.26 Å². The van der Waals surface area contributed by atoms with Crippen molar-refractivity contribution in [3.8, 4) is 6.07 Å². The van der Waals surface area contributed by atoms with Crippen LogP contribution in [0.4, 0.5) is 0 Å². The SMILES string of the molecule is Cc1ccc(C(O)c2ccc(C#N)s2)nc1. The lowest BCUT2D eigenvalue weighted by Crippen LogP contribution is -1.99. The molecule has 1 N–H and O–H groups in total. The van der Waals surface area contributed by atoms with Crippen molar-refractivity contribution in [1.29, 1.82) is 5.26 Å². The van der Waals surface area contributed by atoms with Crippen molar-refractivity contribution in [1.82, 2.24) is 4.98 Å². The van der Waals surface area contributed by atoms with Crippen LogP contribution in [-0.4, -0.2) is 10.1 Å². The van der Waals surface area contributed by atoms with Gasteiger partial charge in [0.15, 0.2) is 0 Å². The Bertz CT molecular complexity index is 525. The molecule has 4 heteroatoms. The molecule has 2 heterocycles. The van der Waals surface area contributed by atoms with Crippen molar-refractivity contribution in [3.63, 3.8) is 0 Å². The van der Waals surface area contributed by atoms with Crippen LogP contribution >= 0.6 is 11.3 Å². The Hall–Kier alpha value is -1.70. The van der Waals surface area contributed by atoms with Gasteiger partial charge in [-0.1, -0.05) is 6.07 Å². The summed E-state index contributed by atoms with van der Waals surface area (Å²) in [6.07, 6.45) is 0.977. The second-order valence-corrected chi connectivity index (χ2v) is 4.59. The third kappa shape index (κ3) is 2.11. The molecule has 0 bridgehead atoms. The summed E-state index contributed by atoms with van der Waals surface area (Å²) >= 11 is 1.29. The Labute approximate surface area is 97.6 Å². The van der Waals surface area contributed by atoms with Crippen molar-refractivity contribution >= 4 is 11.3 Å². The molecule has 2 aromatic rings. The molecule has 0 aliphatic carbocycles. The first-order valence-corrected chi connectivity index (χ1v) is 5.63. The normalized spacial score (nSPS) is 12.1. The summed E-state index contributed by atoms with van der Waals surface area (Å²) in [5.74, 6) is 0. The summed E-state index contributed by atoms with van der Waals surface area (Å²) in [6, 6.07) is 9.22. The zero-order valence-corrected chi connectivity index (χ0v) is 9.53. The van der Waals surface area contributed by atoms with Crippen molar-refractivity contribution in [3.05, 3.63) is 51.5 Å². The number of hydrogen-bond acceptors (Lipinski definition) is 4. The van der Waals surface area contributed by atoms with Crippen LogP contribution in [-0.2, 0) is 0 Å². The Morgan fingerprint density at radius 1 is 1.38 bits per heavy atom.